The summed E-state index contributed by atoms with van der Waals surface area (Å²) in [6, 6.07) is 3.35. The van der Waals surface area contributed by atoms with Crippen LogP contribution in [0.5, 0.6) is 11.5 Å². The molecule has 100 valence electrons. The third-order valence-corrected chi connectivity index (χ3v) is 2.45. The minimum Gasteiger partial charge on any atom is -0.487 e. The molecule has 1 fully saturated rings. The van der Waals surface area contributed by atoms with Crippen molar-refractivity contribution in [2.45, 2.75) is 45.1 Å². The van der Waals surface area contributed by atoms with Gasteiger partial charge in [-0.3, -0.25) is 0 Å². The number of hydrogen-bond donors (Lipinski definition) is 0. The Kier molecular flexibility index (Phi) is 3.41. The van der Waals surface area contributed by atoms with Crippen molar-refractivity contribution in [3.8, 4) is 11.5 Å². The molecule has 0 N–H and O–H groups in total. The zero-order valence-corrected chi connectivity index (χ0v) is 10.3. The van der Waals surface area contributed by atoms with E-state index in [1.165, 1.54) is 6.07 Å². The van der Waals surface area contributed by atoms with Crippen LogP contribution < -0.4 is 9.47 Å². The lowest BCUT2D eigenvalue weighted by Gasteiger charge is -2.17. The lowest BCUT2D eigenvalue weighted by atomic mass is 10.2. The summed E-state index contributed by atoms with van der Waals surface area (Å²) in [5.74, 6) is 0.547. The predicted molar refractivity (Wildman–Crippen MR) is 60.9 cm³/mol. The first-order valence-corrected chi connectivity index (χ1v) is 5.91. The molecule has 0 atom stereocenters. The topological polar surface area (TPSA) is 18.5 Å². The van der Waals surface area contributed by atoms with Crippen molar-refractivity contribution in [1.82, 2.24) is 0 Å². The van der Waals surface area contributed by atoms with E-state index in [0.717, 1.165) is 25.0 Å². The molecule has 0 heterocycles. The predicted octanol–water partition coefficient (Wildman–Crippen LogP) is 4.03. The number of halogens is 3. The summed E-state index contributed by atoms with van der Waals surface area (Å²) in [5, 5.41) is 0. The maximum atomic E-state index is 12.6. The van der Waals surface area contributed by atoms with E-state index in [0.29, 0.717) is 5.75 Å². The summed E-state index contributed by atoms with van der Waals surface area (Å²) in [4.78, 5) is 0. The second kappa shape index (κ2) is 4.71. The molecule has 1 saturated carbocycles. The molecular formula is C13H15F3O2. The van der Waals surface area contributed by atoms with E-state index < -0.39 is 11.7 Å². The van der Waals surface area contributed by atoms with E-state index in [4.69, 9.17) is 9.47 Å². The minimum atomic E-state index is -4.37. The monoisotopic (exact) mass is 260 g/mol. The molecule has 2 rings (SSSR count). The number of rotatable bonds is 4. The fraction of sp³-hybridized carbons (Fsp3) is 0.538. The molecule has 0 unspecified atom stereocenters. The van der Waals surface area contributed by atoms with Gasteiger partial charge in [0.2, 0.25) is 0 Å². The quantitative estimate of drug-likeness (QED) is 0.813. The summed E-state index contributed by atoms with van der Waals surface area (Å²) in [6.07, 6.45) is -2.55. The molecular weight excluding hydrogens is 245 g/mol. The van der Waals surface area contributed by atoms with Crippen LogP contribution in [-0.4, -0.2) is 12.2 Å². The highest BCUT2D eigenvalue weighted by molar-refractivity contribution is 5.44. The van der Waals surface area contributed by atoms with Crippen LogP contribution >= 0.6 is 0 Å². The SMILES string of the molecule is CC(C)Oc1cc(C(F)(F)F)ccc1OC1CC1. The number of hydrogen-bond acceptors (Lipinski definition) is 2. The first-order valence-electron chi connectivity index (χ1n) is 5.91. The highest BCUT2D eigenvalue weighted by Gasteiger charge is 2.32. The smallest absolute Gasteiger partial charge is 0.416 e. The Morgan fingerprint density at radius 3 is 2.33 bits per heavy atom. The molecule has 0 radical (unpaired) electrons. The Morgan fingerprint density at radius 2 is 1.83 bits per heavy atom. The van der Waals surface area contributed by atoms with Gasteiger partial charge in [-0.15, -0.1) is 0 Å². The summed E-state index contributed by atoms with van der Waals surface area (Å²) in [6.45, 7) is 3.53. The van der Waals surface area contributed by atoms with E-state index in [-0.39, 0.29) is 18.0 Å². The van der Waals surface area contributed by atoms with Gasteiger partial charge in [-0.2, -0.15) is 13.2 Å². The van der Waals surface area contributed by atoms with Gasteiger partial charge in [-0.05, 0) is 44.9 Å². The molecule has 1 aromatic rings. The molecule has 0 saturated heterocycles. The molecule has 0 amide bonds. The number of benzene rings is 1. The molecule has 2 nitrogen and oxygen atoms in total. The number of alkyl halides is 3. The second-order valence-corrected chi connectivity index (χ2v) is 4.64. The van der Waals surface area contributed by atoms with Crippen LogP contribution in [0.3, 0.4) is 0 Å². The van der Waals surface area contributed by atoms with E-state index in [9.17, 15) is 13.2 Å². The van der Waals surface area contributed by atoms with Gasteiger partial charge < -0.3 is 9.47 Å². The third-order valence-electron chi connectivity index (χ3n) is 2.45. The fourth-order valence-electron chi connectivity index (χ4n) is 1.49. The number of ether oxygens (including phenoxy) is 2. The van der Waals surface area contributed by atoms with Crippen LogP contribution in [-0.2, 0) is 6.18 Å². The zero-order chi connectivity index (χ0) is 13.3. The lowest BCUT2D eigenvalue weighted by molar-refractivity contribution is -0.137. The first kappa shape index (κ1) is 13.1. The van der Waals surface area contributed by atoms with Crippen LogP contribution in [0, 0.1) is 0 Å². The maximum absolute atomic E-state index is 12.6. The van der Waals surface area contributed by atoms with Crippen molar-refractivity contribution < 1.29 is 22.6 Å². The van der Waals surface area contributed by atoms with Crippen molar-refractivity contribution in [3.63, 3.8) is 0 Å². The van der Waals surface area contributed by atoms with Gasteiger partial charge >= 0.3 is 6.18 Å². The van der Waals surface area contributed by atoms with Crippen LogP contribution in [0.15, 0.2) is 18.2 Å². The molecule has 0 bridgehead atoms. The van der Waals surface area contributed by atoms with E-state index in [1.807, 2.05) is 0 Å². The fourth-order valence-corrected chi connectivity index (χ4v) is 1.49. The zero-order valence-electron chi connectivity index (χ0n) is 10.3. The van der Waals surface area contributed by atoms with Gasteiger partial charge in [-0.1, -0.05) is 0 Å². The average molecular weight is 260 g/mol. The van der Waals surface area contributed by atoms with Gasteiger partial charge in [0, 0.05) is 0 Å². The van der Waals surface area contributed by atoms with Gasteiger partial charge in [-0.25, -0.2) is 0 Å². The molecule has 5 heteroatoms. The highest BCUT2D eigenvalue weighted by atomic mass is 19.4. The van der Waals surface area contributed by atoms with Gasteiger partial charge in [0.1, 0.15) is 0 Å². The van der Waals surface area contributed by atoms with Crippen molar-refractivity contribution in [1.29, 1.82) is 0 Å². The Bertz CT molecular complexity index is 423. The van der Waals surface area contributed by atoms with Crippen LogP contribution in [0.25, 0.3) is 0 Å². The Morgan fingerprint density at radius 1 is 1.17 bits per heavy atom. The molecule has 0 spiro atoms. The van der Waals surface area contributed by atoms with Crippen molar-refractivity contribution in [2.24, 2.45) is 0 Å². The Hall–Kier alpha value is -1.39. The van der Waals surface area contributed by atoms with E-state index >= 15 is 0 Å². The van der Waals surface area contributed by atoms with Crippen molar-refractivity contribution in [3.05, 3.63) is 23.8 Å². The summed E-state index contributed by atoms with van der Waals surface area (Å²) in [7, 11) is 0. The van der Waals surface area contributed by atoms with Gasteiger partial charge in [0.15, 0.2) is 11.5 Å². The average Bonchev–Trinajstić information content (AvgIpc) is 3.02. The molecule has 1 aliphatic rings. The van der Waals surface area contributed by atoms with Crippen molar-refractivity contribution >= 4 is 0 Å². The minimum absolute atomic E-state index is 0.122. The summed E-state index contributed by atoms with van der Waals surface area (Å²) in [5.41, 5.74) is -0.721. The van der Waals surface area contributed by atoms with Crippen molar-refractivity contribution in [2.75, 3.05) is 0 Å². The normalized spacial score (nSPS) is 15.9. The molecule has 18 heavy (non-hydrogen) atoms. The van der Waals surface area contributed by atoms with E-state index in [1.54, 1.807) is 13.8 Å². The highest BCUT2D eigenvalue weighted by Crippen LogP contribution is 2.39. The van der Waals surface area contributed by atoms with Crippen LogP contribution in [0.4, 0.5) is 13.2 Å². The first-order chi connectivity index (χ1) is 8.36. The standard InChI is InChI=1S/C13H15F3O2/c1-8(2)17-12-7-9(13(14,15)16)3-6-11(12)18-10-4-5-10/h3,6-8,10H,4-5H2,1-2H3. The van der Waals surface area contributed by atoms with Gasteiger partial charge in [0.25, 0.3) is 0 Å². The summed E-state index contributed by atoms with van der Waals surface area (Å²) < 4.78 is 48.8. The van der Waals surface area contributed by atoms with E-state index in [2.05, 4.69) is 0 Å². The lowest BCUT2D eigenvalue weighted by Crippen LogP contribution is -2.10. The second-order valence-electron chi connectivity index (χ2n) is 4.64. The Labute approximate surface area is 104 Å². The summed E-state index contributed by atoms with van der Waals surface area (Å²) >= 11 is 0. The van der Waals surface area contributed by atoms with Gasteiger partial charge in [0.05, 0.1) is 17.8 Å². The van der Waals surface area contributed by atoms with Crippen LogP contribution in [0.1, 0.15) is 32.3 Å². The largest absolute Gasteiger partial charge is 0.487 e. The molecule has 1 aliphatic carbocycles. The third kappa shape index (κ3) is 3.31. The molecule has 0 aromatic heterocycles. The van der Waals surface area contributed by atoms with Crippen LogP contribution in [0.2, 0.25) is 0 Å². The molecule has 0 aliphatic heterocycles. The molecule has 1 aromatic carbocycles. The maximum Gasteiger partial charge on any atom is 0.416 e. The Balaban J connectivity index is 2.27.